The second kappa shape index (κ2) is 7.87. The number of nitrogens with one attached hydrogen (secondary N) is 1. The van der Waals surface area contributed by atoms with Gasteiger partial charge < -0.3 is 20.0 Å². The van der Waals surface area contributed by atoms with Crippen LogP contribution < -0.4 is 5.32 Å². The summed E-state index contributed by atoms with van der Waals surface area (Å²) in [5, 5.41) is 21.7. The first kappa shape index (κ1) is 17.1. The summed E-state index contributed by atoms with van der Waals surface area (Å²) in [6.45, 7) is 8.10. The van der Waals surface area contributed by atoms with E-state index >= 15 is 0 Å². The van der Waals surface area contributed by atoms with E-state index in [1.54, 1.807) is 0 Å². The molecule has 2 aliphatic rings. The van der Waals surface area contributed by atoms with Crippen molar-refractivity contribution >= 4 is 11.9 Å². The Morgan fingerprint density at radius 1 is 0.909 bits per heavy atom. The van der Waals surface area contributed by atoms with Crippen LogP contribution in [-0.4, -0.2) is 115 Å². The maximum Gasteiger partial charge on any atom is 0.359 e. The maximum absolute atomic E-state index is 11.3. The van der Waals surface area contributed by atoms with Crippen LogP contribution in [0.2, 0.25) is 0 Å². The predicted molar refractivity (Wildman–Crippen MR) is 80.7 cm³/mol. The number of quaternary nitrogens is 1. The Morgan fingerprint density at radius 2 is 1.68 bits per heavy atom. The summed E-state index contributed by atoms with van der Waals surface area (Å²) < 4.78 is 0.523. The van der Waals surface area contributed by atoms with Gasteiger partial charge in [-0.05, 0) is 0 Å². The van der Waals surface area contributed by atoms with Crippen LogP contribution in [0, 0.1) is 0 Å². The molecule has 126 valence electrons. The minimum Gasteiger partial charge on any atom is -0.480 e. The van der Waals surface area contributed by atoms with E-state index in [0.29, 0.717) is 17.6 Å². The number of carbonyl (C=O) groups is 2. The Labute approximate surface area is 130 Å². The fraction of sp³-hybridized carbons (Fsp3) is 0.857. The zero-order chi connectivity index (χ0) is 16.0. The summed E-state index contributed by atoms with van der Waals surface area (Å²) in [6, 6.07) is 0. The highest BCUT2D eigenvalue weighted by molar-refractivity contribution is 5.69. The summed E-state index contributed by atoms with van der Waals surface area (Å²) in [5.74, 6) is -1.61. The number of carboxylic acid groups (broad SMARTS) is 2. The Morgan fingerprint density at radius 3 is 2.41 bits per heavy atom. The molecular weight excluding hydrogens is 288 g/mol. The standard InChI is InChI=1S/C14H26N4O4/c19-13(20)11-17-5-4-16-3-1-15-2-8-18(9-6-16,10-7-17)12-14(21)22/h15H,1-12H2,(H-,19,20,21,22)/p+1. The van der Waals surface area contributed by atoms with Gasteiger partial charge in [0.25, 0.3) is 0 Å². The molecule has 2 atom stereocenters. The van der Waals surface area contributed by atoms with E-state index in [1.165, 1.54) is 0 Å². The van der Waals surface area contributed by atoms with Crippen LogP contribution in [0.3, 0.4) is 0 Å². The highest BCUT2D eigenvalue weighted by Crippen LogP contribution is 2.11. The molecule has 2 fully saturated rings. The molecule has 0 saturated carbocycles. The SMILES string of the molecule is O=C(O)CN1CCN2CCNCC[N+](CC(=O)O)(CC2)CC1. The lowest BCUT2D eigenvalue weighted by molar-refractivity contribution is -0.919. The highest BCUT2D eigenvalue weighted by Gasteiger charge is 2.33. The van der Waals surface area contributed by atoms with Crippen molar-refractivity contribution in [2.75, 3.05) is 78.5 Å². The normalized spacial score (nSPS) is 31.2. The molecule has 22 heavy (non-hydrogen) atoms. The van der Waals surface area contributed by atoms with Crippen LogP contribution in [0.1, 0.15) is 0 Å². The van der Waals surface area contributed by atoms with Gasteiger partial charge in [-0.1, -0.05) is 0 Å². The Balaban J connectivity index is 2.16. The van der Waals surface area contributed by atoms with E-state index < -0.39 is 11.9 Å². The van der Waals surface area contributed by atoms with Crippen molar-refractivity contribution < 1.29 is 24.3 Å². The molecule has 3 N–H and O–H groups in total. The average molecular weight is 315 g/mol. The van der Waals surface area contributed by atoms with Gasteiger partial charge in [-0.3, -0.25) is 14.6 Å². The lowest BCUT2D eigenvalue weighted by Crippen LogP contribution is -2.58. The molecule has 2 saturated heterocycles. The van der Waals surface area contributed by atoms with Crippen LogP contribution in [0.25, 0.3) is 0 Å². The van der Waals surface area contributed by atoms with Crippen molar-refractivity contribution in [1.29, 1.82) is 0 Å². The molecular formula is C14H27N4O4+. The van der Waals surface area contributed by atoms with Crippen molar-refractivity contribution in [1.82, 2.24) is 15.1 Å². The van der Waals surface area contributed by atoms with Crippen LogP contribution in [0.15, 0.2) is 0 Å². The second-order valence-corrected chi connectivity index (χ2v) is 6.33. The van der Waals surface area contributed by atoms with Gasteiger partial charge in [0.1, 0.15) is 0 Å². The number of aliphatic carboxylic acids is 2. The molecule has 0 aliphatic carbocycles. The first-order valence-corrected chi connectivity index (χ1v) is 7.93. The van der Waals surface area contributed by atoms with Crippen molar-refractivity contribution in [2.24, 2.45) is 0 Å². The Kier molecular flexibility index (Phi) is 6.13. The molecule has 2 unspecified atom stereocenters. The number of hydrogen-bond acceptors (Lipinski definition) is 5. The molecule has 2 aliphatic heterocycles. The topological polar surface area (TPSA) is 93.1 Å². The summed E-state index contributed by atoms with van der Waals surface area (Å²) >= 11 is 0. The second-order valence-electron chi connectivity index (χ2n) is 6.33. The monoisotopic (exact) mass is 315 g/mol. The summed E-state index contributed by atoms with van der Waals surface area (Å²) in [7, 11) is 0. The zero-order valence-electron chi connectivity index (χ0n) is 13.0. The molecule has 2 bridgehead atoms. The number of fused-ring (bicyclic) bond motifs is 3. The third-order valence-corrected chi connectivity index (χ3v) is 4.71. The Hall–Kier alpha value is -1.22. The van der Waals surface area contributed by atoms with Crippen LogP contribution in [0.4, 0.5) is 0 Å². The average Bonchev–Trinajstić information content (AvgIpc) is 2.56. The molecule has 0 radical (unpaired) electrons. The third kappa shape index (κ3) is 5.20. The molecule has 2 heterocycles. The number of carboxylic acids is 2. The van der Waals surface area contributed by atoms with E-state index in [2.05, 4.69) is 10.2 Å². The summed E-state index contributed by atoms with van der Waals surface area (Å²) in [6.07, 6.45) is 0. The van der Waals surface area contributed by atoms with Crippen LogP contribution in [0.5, 0.6) is 0 Å². The first-order valence-electron chi connectivity index (χ1n) is 7.93. The van der Waals surface area contributed by atoms with E-state index in [9.17, 15) is 14.7 Å². The number of nitrogens with zero attached hydrogens (tertiary/aromatic N) is 3. The molecule has 0 amide bonds. The lowest BCUT2D eigenvalue weighted by atomic mass is 10.3. The number of hydrogen-bond donors (Lipinski definition) is 3. The van der Waals surface area contributed by atoms with Crippen LogP contribution >= 0.6 is 0 Å². The van der Waals surface area contributed by atoms with Gasteiger partial charge in [0.15, 0.2) is 6.54 Å². The smallest absolute Gasteiger partial charge is 0.359 e. The zero-order valence-corrected chi connectivity index (χ0v) is 13.0. The first-order chi connectivity index (χ1) is 10.5. The molecule has 0 aromatic heterocycles. The lowest BCUT2D eigenvalue weighted by Gasteiger charge is -2.38. The molecule has 0 aromatic rings. The van der Waals surface area contributed by atoms with Gasteiger partial charge in [-0.15, -0.1) is 0 Å². The van der Waals surface area contributed by atoms with Gasteiger partial charge in [0.05, 0.1) is 26.2 Å². The summed E-state index contributed by atoms with van der Waals surface area (Å²) in [4.78, 5) is 26.6. The van der Waals surface area contributed by atoms with Crippen LogP contribution in [-0.2, 0) is 9.59 Å². The molecule has 2 rings (SSSR count). The minimum absolute atomic E-state index is 0.0269. The molecule has 0 aromatic carbocycles. The van der Waals surface area contributed by atoms with Crippen molar-refractivity contribution in [3.63, 3.8) is 0 Å². The van der Waals surface area contributed by atoms with Gasteiger partial charge >= 0.3 is 11.9 Å². The quantitative estimate of drug-likeness (QED) is 0.527. The third-order valence-electron chi connectivity index (χ3n) is 4.71. The summed E-state index contributed by atoms with van der Waals surface area (Å²) in [5.41, 5.74) is 0. The molecule has 8 heteroatoms. The van der Waals surface area contributed by atoms with Gasteiger partial charge in [-0.2, -0.15) is 0 Å². The van der Waals surface area contributed by atoms with Gasteiger partial charge in [0.2, 0.25) is 0 Å². The number of rotatable bonds is 4. The minimum atomic E-state index is -0.823. The van der Waals surface area contributed by atoms with Crippen molar-refractivity contribution in [3.05, 3.63) is 0 Å². The van der Waals surface area contributed by atoms with E-state index in [4.69, 9.17) is 5.11 Å². The fourth-order valence-corrected chi connectivity index (χ4v) is 3.32. The Bertz CT molecular complexity index is 406. The predicted octanol–water partition coefficient (Wildman–Crippen LogP) is -1.81. The molecule has 8 nitrogen and oxygen atoms in total. The van der Waals surface area contributed by atoms with E-state index in [1.807, 2.05) is 4.90 Å². The largest absolute Gasteiger partial charge is 0.480 e. The molecule has 0 spiro atoms. The maximum atomic E-state index is 11.3. The van der Waals surface area contributed by atoms with E-state index in [-0.39, 0.29) is 13.1 Å². The van der Waals surface area contributed by atoms with Crippen molar-refractivity contribution in [2.45, 2.75) is 0 Å². The van der Waals surface area contributed by atoms with Crippen molar-refractivity contribution in [3.8, 4) is 0 Å². The highest BCUT2D eigenvalue weighted by atomic mass is 16.4. The van der Waals surface area contributed by atoms with E-state index in [0.717, 1.165) is 52.4 Å². The van der Waals surface area contributed by atoms with Gasteiger partial charge in [-0.25, -0.2) is 4.79 Å². The fourth-order valence-electron chi connectivity index (χ4n) is 3.32. The van der Waals surface area contributed by atoms with Gasteiger partial charge in [0, 0.05) is 45.8 Å².